The Hall–Kier alpha value is -1.39. The van der Waals surface area contributed by atoms with Gasteiger partial charge in [0, 0.05) is 30.7 Å². The molecule has 2 heterocycles. The van der Waals surface area contributed by atoms with Crippen molar-refractivity contribution in [1.29, 1.82) is 0 Å². The maximum Gasteiger partial charge on any atom is 0.251 e. The third kappa shape index (κ3) is 4.62. The van der Waals surface area contributed by atoms with Gasteiger partial charge < -0.3 is 10.1 Å². The fourth-order valence-corrected chi connectivity index (χ4v) is 3.88. The zero-order valence-electron chi connectivity index (χ0n) is 15.8. The number of carbonyl (C=O) groups excluding carboxylic acids is 1. The quantitative estimate of drug-likeness (QED) is 0.861. The van der Waals surface area contributed by atoms with Gasteiger partial charge in [-0.15, -0.1) is 0 Å². The van der Waals surface area contributed by atoms with Gasteiger partial charge >= 0.3 is 0 Å². The minimum absolute atomic E-state index is 0.0493. The van der Waals surface area contributed by atoms with Crippen LogP contribution < -0.4 is 5.32 Å². The van der Waals surface area contributed by atoms with Gasteiger partial charge in [-0.1, -0.05) is 39.3 Å². The first-order valence-electron chi connectivity index (χ1n) is 9.82. The molecule has 1 amide bonds. The Balaban J connectivity index is 1.52. The molecule has 0 bridgehead atoms. The normalized spacial score (nSPS) is 26.6. The second-order valence-corrected chi connectivity index (χ2v) is 7.93. The van der Waals surface area contributed by atoms with Gasteiger partial charge in [-0.2, -0.15) is 0 Å². The molecule has 0 saturated carbocycles. The highest BCUT2D eigenvalue weighted by Gasteiger charge is 2.38. The van der Waals surface area contributed by atoms with Crippen LogP contribution in [0.4, 0.5) is 0 Å². The van der Waals surface area contributed by atoms with Crippen molar-refractivity contribution in [3.63, 3.8) is 0 Å². The third-order valence-corrected chi connectivity index (χ3v) is 5.56. The molecular formula is C21H32N2O2. The number of hydrogen-bond acceptors (Lipinski definition) is 3. The number of morpholine rings is 1. The van der Waals surface area contributed by atoms with Gasteiger partial charge in [-0.3, -0.25) is 9.69 Å². The Morgan fingerprint density at radius 2 is 2.04 bits per heavy atom. The highest BCUT2D eigenvalue weighted by molar-refractivity contribution is 5.94. The molecule has 1 aromatic carbocycles. The predicted molar refractivity (Wildman–Crippen MR) is 101 cm³/mol. The van der Waals surface area contributed by atoms with E-state index in [1.807, 2.05) is 12.1 Å². The molecule has 4 nitrogen and oxygen atoms in total. The van der Waals surface area contributed by atoms with E-state index in [0.29, 0.717) is 18.1 Å². The molecule has 138 valence electrons. The largest absolute Gasteiger partial charge is 0.375 e. The van der Waals surface area contributed by atoms with Gasteiger partial charge in [0.25, 0.3) is 5.91 Å². The SMILES string of the molecule is CCCCc1ccc(C(=O)N[C@@H]2C[C@H]3CO[C@H](C(C)C)CN3C2)cc1. The van der Waals surface area contributed by atoms with Crippen molar-refractivity contribution in [2.75, 3.05) is 19.7 Å². The molecule has 4 heteroatoms. The minimum atomic E-state index is 0.0493. The number of benzene rings is 1. The van der Waals surface area contributed by atoms with Crippen LogP contribution in [-0.4, -0.2) is 48.7 Å². The second kappa shape index (κ2) is 8.33. The number of carbonyl (C=O) groups is 1. The lowest BCUT2D eigenvalue weighted by Gasteiger charge is -2.36. The summed E-state index contributed by atoms with van der Waals surface area (Å²) in [5.74, 6) is 0.592. The number of hydrogen-bond donors (Lipinski definition) is 1. The molecule has 3 atom stereocenters. The van der Waals surface area contributed by atoms with Crippen molar-refractivity contribution in [3.05, 3.63) is 35.4 Å². The highest BCUT2D eigenvalue weighted by Crippen LogP contribution is 2.26. The van der Waals surface area contributed by atoms with E-state index in [1.165, 1.54) is 18.4 Å². The maximum absolute atomic E-state index is 12.5. The molecule has 0 aliphatic carbocycles. The fraction of sp³-hybridized carbons (Fsp3) is 0.667. The van der Waals surface area contributed by atoms with Crippen LogP contribution in [0.25, 0.3) is 0 Å². The Bertz CT molecular complexity index is 570. The van der Waals surface area contributed by atoms with Gasteiger partial charge in [-0.05, 0) is 42.9 Å². The Labute approximate surface area is 151 Å². The number of nitrogens with one attached hydrogen (secondary N) is 1. The fourth-order valence-electron chi connectivity index (χ4n) is 3.88. The number of fused-ring (bicyclic) bond motifs is 1. The summed E-state index contributed by atoms with van der Waals surface area (Å²) < 4.78 is 5.98. The lowest BCUT2D eigenvalue weighted by molar-refractivity contribution is -0.0683. The van der Waals surface area contributed by atoms with Crippen LogP contribution in [-0.2, 0) is 11.2 Å². The van der Waals surface area contributed by atoms with Gasteiger partial charge in [0.05, 0.1) is 12.7 Å². The zero-order chi connectivity index (χ0) is 17.8. The van der Waals surface area contributed by atoms with Gasteiger partial charge in [0.15, 0.2) is 0 Å². The van der Waals surface area contributed by atoms with E-state index in [2.05, 4.69) is 43.1 Å². The summed E-state index contributed by atoms with van der Waals surface area (Å²) in [5, 5.41) is 3.22. The smallest absolute Gasteiger partial charge is 0.251 e. The summed E-state index contributed by atoms with van der Waals surface area (Å²) in [6.45, 7) is 9.35. The molecule has 1 N–H and O–H groups in total. The van der Waals surface area contributed by atoms with E-state index in [1.54, 1.807) is 0 Å². The topological polar surface area (TPSA) is 41.6 Å². The summed E-state index contributed by atoms with van der Waals surface area (Å²) in [4.78, 5) is 15.0. The van der Waals surface area contributed by atoms with E-state index in [0.717, 1.165) is 38.1 Å². The average molecular weight is 344 g/mol. The Morgan fingerprint density at radius 3 is 2.72 bits per heavy atom. The molecule has 0 spiro atoms. The van der Waals surface area contributed by atoms with Crippen molar-refractivity contribution in [1.82, 2.24) is 10.2 Å². The molecular weight excluding hydrogens is 312 g/mol. The second-order valence-electron chi connectivity index (χ2n) is 7.93. The molecule has 2 aliphatic heterocycles. The van der Waals surface area contributed by atoms with Crippen LogP contribution in [0.15, 0.2) is 24.3 Å². The van der Waals surface area contributed by atoms with E-state index in [9.17, 15) is 4.79 Å². The van der Waals surface area contributed by atoms with Crippen LogP contribution >= 0.6 is 0 Å². The average Bonchev–Trinajstić information content (AvgIpc) is 3.01. The van der Waals surface area contributed by atoms with Crippen molar-refractivity contribution in [2.45, 2.75) is 64.6 Å². The van der Waals surface area contributed by atoms with Crippen molar-refractivity contribution in [2.24, 2.45) is 5.92 Å². The first-order chi connectivity index (χ1) is 12.1. The number of rotatable bonds is 6. The van der Waals surface area contributed by atoms with Crippen LogP contribution in [0.1, 0.15) is 56.0 Å². The van der Waals surface area contributed by atoms with Gasteiger partial charge in [-0.25, -0.2) is 0 Å². The molecule has 2 saturated heterocycles. The van der Waals surface area contributed by atoms with E-state index < -0.39 is 0 Å². The molecule has 0 unspecified atom stereocenters. The summed E-state index contributed by atoms with van der Waals surface area (Å²) >= 11 is 0. The monoisotopic (exact) mass is 344 g/mol. The van der Waals surface area contributed by atoms with Crippen molar-refractivity contribution in [3.8, 4) is 0 Å². The van der Waals surface area contributed by atoms with E-state index >= 15 is 0 Å². The lowest BCUT2D eigenvalue weighted by Crippen LogP contribution is -2.48. The summed E-state index contributed by atoms with van der Waals surface area (Å²) in [7, 11) is 0. The van der Waals surface area contributed by atoms with Crippen LogP contribution in [0.5, 0.6) is 0 Å². The van der Waals surface area contributed by atoms with Gasteiger partial charge in [0.1, 0.15) is 0 Å². The zero-order valence-corrected chi connectivity index (χ0v) is 15.8. The van der Waals surface area contributed by atoms with Gasteiger partial charge in [0.2, 0.25) is 0 Å². The maximum atomic E-state index is 12.5. The number of nitrogens with zero attached hydrogens (tertiary/aromatic N) is 1. The number of aryl methyl sites for hydroxylation is 1. The lowest BCUT2D eigenvalue weighted by atomic mass is 10.0. The first kappa shape index (κ1) is 18.4. The Kier molecular flexibility index (Phi) is 6.13. The molecule has 1 aromatic rings. The van der Waals surface area contributed by atoms with E-state index in [-0.39, 0.29) is 11.9 Å². The van der Waals surface area contributed by atoms with E-state index in [4.69, 9.17) is 4.74 Å². The summed E-state index contributed by atoms with van der Waals surface area (Å²) in [5.41, 5.74) is 2.08. The molecule has 3 rings (SSSR count). The molecule has 25 heavy (non-hydrogen) atoms. The predicted octanol–water partition coefficient (Wildman–Crippen LogP) is 3.26. The number of unbranched alkanes of at least 4 members (excludes halogenated alkanes) is 1. The highest BCUT2D eigenvalue weighted by atomic mass is 16.5. The molecule has 0 radical (unpaired) electrons. The van der Waals surface area contributed by atoms with Crippen LogP contribution in [0.3, 0.4) is 0 Å². The molecule has 2 fully saturated rings. The Morgan fingerprint density at radius 1 is 1.28 bits per heavy atom. The van der Waals surface area contributed by atoms with Crippen LogP contribution in [0, 0.1) is 5.92 Å². The van der Waals surface area contributed by atoms with Crippen molar-refractivity contribution >= 4 is 5.91 Å². The summed E-state index contributed by atoms with van der Waals surface area (Å²) in [6.07, 6.45) is 4.80. The first-order valence-corrected chi connectivity index (χ1v) is 9.82. The standard InChI is InChI=1S/C21H32N2O2/c1-4-5-6-16-7-9-17(10-8-16)21(24)22-18-11-19-14-25-20(15(2)3)13-23(19)12-18/h7-10,15,18-20H,4-6,11-14H2,1-3H3,(H,22,24)/t18-,19+,20+/m1/s1. The van der Waals surface area contributed by atoms with Crippen molar-refractivity contribution < 1.29 is 9.53 Å². The third-order valence-electron chi connectivity index (χ3n) is 5.56. The number of ether oxygens (including phenoxy) is 1. The summed E-state index contributed by atoms with van der Waals surface area (Å²) in [6, 6.07) is 8.78. The molecule has 2 aliphatic rings. The molecule has 0 aromatic heterocycles. The number of amides is 1. The van der Waals surface area contributed by atoms with Crippen LogP contribution in [0.2, 0.25) is 0 Å². The minimum Gasteiger partial charge on any atom is -0.375 e.